The number of hydrogen-bond acceptors (Lipinski definition) is 6. The van der Waals surface area contributed by atoms with Crippen molar-refractivity contribution in [1.82, 2.24) is 0 Å². The fourth-order valence-electron chi connectivity index (χ4n) is 3.22. The highest BCUT2D eigenvalue weighted by Gasteiger charge is 2.35. The number of ether oxygens (including phenoxy) is 1. The van der Waals surface area contributed by atoms with E-state index in [0.717, 1.165) is 30.4 Å². The molecule has 0 N–H and O–H groups in total. The molecule has 0 unspecified atom stereocenters. The molecule has 134 valence electrons. The Morgan fingerprint density at radius 2 is 1.69 bits per heavy atom. The van der Waals surface area contributed by atoms with Crippen molar-refractivity contribution in [2.45, 2.75) is 0 Å². The maximum Gasteiger partial charge on any atom is 0.337 e. The summed E-state index contributed by atoms with van der Waals surface area (Å²) >= 11 is 0. The first kappa shape index (κ1) is 18.1. The number of carbonyl (C=O) groups is 2. The van der Waals surface area contributed by atoms with E-state index in [-0.39, 0.29) is 29.3 Å². The van der Waals surface area contributed by atoms with Crippen LogP contribution in [0.25, 0.3) is 0 Å². The topological polar surface area (TPSA) is 62.2 Å². The number of esters is 1. The van der Waals surface area contributed by atoms with Crippen molar-refractivity contribution in [1.29, 1.82) is 0 Å². The molecular weight excluding hydrogens is 398 g/mol. The Hall–Kier alpha value is -2.67. The van der Waals surface area contributed by atoms with Gasteiger partial charge in [0, 0.05) is 12.1 Å². The lowest BCUT2D eigenvalue weighted by atomic mass is 10.1. The standard InChI is InChI=1S/C19H17N3O3.BrH/c1-25-18(24)14-8-6-13(7-9-14)17(23)12-22-16-5-3-2-4-15(16)21-11-10-20-19(21)22;/h2-9H,10-12H2,1H3;1H. The van der Waals surface area contributed by atoms with Crippen LogP contribution in [0.1, 0.15) is 20.7 Å². The average Bonchev–Trinajstić information content (AvgIpc) is 3.24. The lowest BCUT2D eigenvalue weighted by molar-refractivity contribution is 0.0600. The normalized spacial score (nSPS) is 14.3. The van der Waals surface area contributed by atoms with Gasteiger partial charge < -0.3 is 14.5 Å². The second-order valence-electron chi connectivity index (χ2n) is 5.90. The molecular formula is C19H18BrN3O3. The van der Waals surface area contributed by atoms with Crippen LogP contribution in [-0.2, 0) is 4.74 Å². The molecule has 2 aliphatic heterocycles. The number of guanidine groups is 1. The summed E-state index contributed by atoms with van der Waals surface area (Å²) in [6.07, 6.45) is 0. The highest BCUT2D eigenvalue weighted by atomic mass is 79.9. The molecule has 26 heavy (non-hydrogen) atoms. The van der Waals surface area contributed by atoms with Crippen molar-refractivity contribution in [3.8, 4) is 0 Å². The number of hydrogen-bond donors (Lipinski definition) is 0. The molecule has 0 radical (unpaired) electrons. The Balaban J connectivity index is 0.00000196. The molecule has 6 nitrogen and oxygen atoms in total. The van der Waals surface area contributed by atoms with Crippen LogP contribution in [0.15, 0.2) is 53.5 Å². The van der Waals surface area contributed by atoms with Gasteiger partial charge in [-0.1, -0.05) is 24.3 Å². The monoisotopic (exact) mass is 415 g/mol. The number of Topliss-reactive ketones (excluding diaryl/α,β-unsaturated/α-hetero) is 1. The molecule has 2 aromatic rings. The number of aliphatic imine (C=N–C) groups is 1. The summed E-state index contributed by atoms with van der Waals surface area (Å²) in [4.78, 5) is 32.9. The van der Waals surface area contributed by atoms with Crippen molar-refractivity contribution >= 4 is 46.1 Å². The van der Waals surface area contributed by atoms with Crippen LogP contribution >= 0.6 is 17.0 Å². The largest absolute Gasteiger partial charge is 0.465 e. The van der Waals surface area contributed by atoms with Crippen LogP contribution in [0.4, 0.5) is 11.4 Å². The Bertz CT molecular complexity index is 880. The third-order valence-corrected chi connectivity index (χ3v) is 4.45. The third-order valence-electron chi connectivity index (χ3n) is 4.45. The number of para-hydroxylation sites is 2. The Morgan fingerprint density at radius 1 is 1.04 bits per heavy atom. The zero-order chi connectivity index (χ0) is 17.4. The van der Waals surface area contributed by atoms with Gasteiger partial charge in [0.2, 0.25) is 5.96 Å². The van der Waals surface area contributed by atoms with E-state index in [0.29, 0.717) is 11.1 Å². The quantitative estimate of drug-likeness (QED) is 0.567. The zero-order valence-electron chi connectivity index (χ0n) is 14.2. The van der Waals surface area contributed by atoms with Crippen LogP contribution in [0.2, 0.25) is 0 Å². The predicted octanol–water partition coefficient (Wildman–Crippen LogP) is 2.93. The third kappa shape index (κ3) is 2.99. The Morgan fingerprint density at radius 3 is 2.38 bits per heavy atom. The van der Waals surface area contributed by atoms with Gasteiger partial charge in [0.1, 0.15) is 0 Å². The van der Waals surface area contributed by atoms with E-state index in [4.69, 9.17) is 0 Å². The van der Waals surface area contributed by atoms with Gasteiger partial charge in [0.15, 0.2) is 5.78 Å². The smallest absolute Gasteiger partial charge is 0.337 e. The first-order valence-corrected chi connectivity index (χ1v) is 8.09. The molecule has 2 heterocycles. The van der Waals surface area contributed by atoms with Crippen LogP contribution in [0, 0.1) is 0 Å². The summed E-state index contributed by atoms with van der Waals surface area (Å²) < 4.78 is 4.68. The molecule has 0 fully saturated rings. The average molecular weight is 416 g/mol. The Labute approximate surface area is 161 Å². The van der Waals surface area contributed by atoms with E-state index in [9.17, 15) is 9.59 Å². The van der Waals surface area contributed by atoms with E-state index in [1.54, 1.807) is 24.3 Å². The van der Waals surface area contributed by atoms with Crippen molar-refractivity contribution in [2.24, 2.45) is 4.99 Å². The summed E-state index contributed by atoms with van der Waals surface area (Å²) in [5.41, 5.74) is 3.08. The van der Waals surface area contributed by atoms with Crippen molar-refractivity contribution in [2.75, 3.05) is 36.5 Å². The van der Waals surface area contributed by atoms with Crippen molar-refractivity contribution < 1.29 is 14.3 Å². The summed E-state index contributed by atoms with van der Waals surface area (Å²) in [5.74, 6) is 0.395. The van der Waals surface area contributed by atoms with Crippen molar-refractivity contribution in [3.63, 3.8) is 0 Å². The summed E-state index contributed by atoms with van der Waals surface area (Å²) in [6, 6.07) is 14.5. The molecule has 2 aromatic carbocycles. The van der Waals surface area contributed by atoms with Gasteiger partial charge in [-0.15, -0.1) is 17.0 Å². The SMILES string of the molecule is Br.COC(=O)c1ccc(C(=O)CN2C3=NCCN3c3ccccc32)cc1. The zero-order valence-corrected chi connectivity index (χ0v) is 15.9. The fourth-order valence-corrected chi connectivity index (χ4v) is 3.22. The number of fused-ring (bicyclic) bond motifs is 3. The van der Waals surface area contributed by atoms with Gasteiger partial charge in [-0.3, -0.25) is 9.79 Å². The molecule has 4 rings (SSSR count). The second kappa shape index (κ2) is 7.29. The first-order chi connectivity index (χ1) is 12.2. The maximum atomic E-state index is 12.7. The molecule has 0 spiro atoms. The van der Waals surface area contributed by atoms with Crippen molar-refractivity contribution in [3.05, 3.63) is 59.7 Å². The minimum absolute atomic E-state index is 0. The molecule has 7 heteroatoms. The lowest BCUT2D eigenvalue weighted by Crippen LogP contribution is -2.38. The van der Waals surface area contributed by atoms with Gasteiger partial charge in [0.05, 0.1) is 37.1 Å². The van der Waals surface area contributed by atoms with Gasteiger partial charge in [0.25, 0.3) is 0 Å². The second-order valence-corrected chi connectivity index (χ2v) is 5.90. The van der Waals surface area contributed by atoms with E-state index >= 15 is 0 Å². The summed E-state index contributed by atoms with van der Waals surface area (Å²) in [5, 5.41) is 0. The molecule has 0 aliphatic carbocycles. The van der Waals surface area contributed by atoms with Crippen LogP contribution in [0.5, 0.6) is 0 Å². The number of carbonyl (C=O) groups excluding carboxylic acids is 2. The van der Waals surface area contributed by atoms with E-state index < -0.39 is 5.97 Å². The molecule has 2 aliphatic rings. The number of rotatable bonds is 4. The number of methoxy groups -OCH3 is 1. The number of halogens is 1. The van der Waals surface area contributed by atoms with E-state index in [1.807, 2.05) is 29.2 Å². The first-order valence-electron chi connectivity index (χ1n) is 8.09. The highest BCUT2D eigenvalue weighted by molar-refractivity contribution is 8.93. The summed E-state index contributed by atoms with van der Waals surface area (Å²) in [7, 11) is 1.33. The van der Waals surface area contributed by atoms with Gasteiger partial charge in [-0.05, 0) is 24.3 Å². The molecule has 0 saturated carbocycles. The molecule has 0 bridgehead atoms. The minimum atomic E-state index is -0.413. The van der Waals surface area contributed by atoms with Crippen LogP contribution < -0.4 is 9.80 Å². The van der Waals surface area contributed by atoms with Gasteiger partial charge in [-0.25, -0.2) is 4.79 Å². The molecule has 0 atom stereocenters. The Kier molecular flexibility index (Phi) is 5.08. The minimum Gasteiger partial charge on any atom is -0.465 e. The number of ketones is 1. The fraction of sp³-hybridized carbons (Fsp3) is 0.211. The molecule has 0 amide bonds. The van der Waals surface area contributed by atoms with E-state index in [2.05, 4.69) is 14.6 Å². The van der Waals surface area contributed by atoms with Gasteiger partial charge >= 0.3 is 5.97 Å². The number of anilines is 2. The molecule has 0 aromatic heterocycles. The number of benzene rings is 2. The van der Waals surface area contributed by atoms with Gasteiger partial charge in [-0.2, -0.15) is 0 Å². The molecule has 0 saturated heterocycles. The lowest BCUT2D eigenvalue weighted by Gasteiger charge is -2.18. The predicted molar refractivity (Wildman–Crippen MR) is 106 cm³/mol. The number of nitrogens with zero attached hydrogens (tertiary/aromatic N) is 3. The van der Waals surface area contributed by atoms with Crippen LogP contribution in [0.3, 0.4) is 0 Å². The maximum absolute atomic E-state index is 12.7. The van der Waals surface area contributed by atoms with Crippen LogP contribution in [-0.4, -0.2) is 44.5 Å². The highest BCUT2D eigenvalue weighted by Crippen LogP contribution is 2.38. The summed E-state index contributed by atoms with van der Waals surface area (Å²) in [6.45, 7) is 1.79. The van der Waals surface area contributed by atoms with E-state index in [1.165, 1.54) is 7.11 Å².